The van der Waals surface area contributed by atoms with E-state index in [4.69, 9.17) is 0 Å². The van der Waals surface area contributed by atoms with E-state index in [-0.39, 0.29) is 41.1 Å². The van der Waals surface area contributed by atoms with Gasteiger partial charge in [-0.3, -0.25) is 9.59 Å². The van der Waals surface area contributed by atoms with Gasteiger partial charge in [0.1, 0.15) is 5.82 Å². The fourth-order valence-corrected chi connectivity index (χ4v) is 4.62. The second kappa shape index (κ2) is 7.59. The zero-order chi connectivity index (χ0) is 20.8. The van der Waals surface area contributed by atoms with Crippen LogP contribution in [0.3, 0.4) is 0 Å². The first-order valence-electron chi connectivity index (χ1n) is 10.2. The Labute approximate surface area is 183 Å². The number of halogens is 2. The summed E-state index contributed by atoms with van der Waals surface area (Å²) in [6.07, 6.45) is 1.73. The van der Waals surface area contributed by atoms with Gasteiger partial charge >= 0.3 is 0 Å². The lowest BCUT2D eigenvalue weighted by molar-refractivity contribution is 0.0957. The fourth-order valence-electron chi connectivity index (χ4n) is 4.35. The molecule has 2 nitrogen and oxygen atoms in total. The average Bonchev–Trinajstić information content (AvgIpc) is 3.68. The van der Waals surface area contributed by atoms with Gasteiger partial charge in [-0.05, 0) is 72.2 Å². The van der Waals surface area contributed by atoms with Crippen molar-refractivity contribution in [2.45, 2.75) is 24.7 Å². The van der Waals surface area contributed by atoms with Crippen LogP contribution < -0.4 is 0 Å². The number of hydrogen-bond acceptors (Lipinski definition) is 2. The van der Waals surface area contributed by atoms with Crippen molar-refractivity contribution in [2.24, 2.45) is 11.8 Å². The van der Waals surface area contributed by atoms with Crippen LogP contribution in [0.25, 0.3) is 0 Å². The third-order valence-electron chi connectivity index (χ3n) is 6.30. The molecule has 0 heterocycles. The molecule has 2 aliphatic rings. The van der Waals surface area contributed by atoms with Gasteiger partial charge in [0.15, 0.2) is 11.6 Å². The molecule has 0 N–H and O–H groups in total. The van der Waals surface area contributed by atoms with Crippen LogP contribution in [0.5, 0.6) is 0 Å². The Hall–Kier alpha value is -2.59. The monoisotopic (exact) mass is 462 g/mol. The van der Waals surface area contributed by atoms with Crippen LogP contribution in [0.1, 0.15) is 56.5 Å². The molecule has 3 aromatic rings. The highest BCUT2D eigenvalue weighted by atomic mass is 79.9. The Morgan fingerprint density at radius 1 is 0.667 bits per heavy atom. The molecule has 0 spiro atoms. The maximum Gasteiger partial charge on any atom is 0.166 e. The molecule has 3 aromatic carbocycles. The van der Waals surface area contributed by atoms with Gasteiger partial charge in [-0.25, -0.2) is 4.39 Å². The summed E-state index contributed by atoms with van der Waals surface area (Å²) in [5, 5.41) is 0. The van der Waals surface area contributed by atoms with Crippen molar-refractivity contribution in [1.29, 1.82) is 0 Å². The molecule has 30 heavy (non-hydrogen) atoms. The van der Waals surface area contributed by atoms with Crippen LogP contribution in [0.4, 0.5) is 4.39 Å². The number of ketones is 2. The molecular weight excluding hydrogens is 443 g/mol. The molecule has 2 fully saturated rings. The average molecular weight is 463 g/mol. The smallest absolute Gasteiger partial charge is 0.166 e. The van der Waals surface area contributed by atoms with Gasteiger partial charge < -0.3 is 0 Å². The van der Waals surface area contributed by atoms with Gasteiger partial charge in [-0.1, -0.05) is 52.3 Å². The second-order valence-corrected chi connectivity index (χ2v) is 9.22. The SMILES string of the molecule is O=C(c1ccc(Br)cc1)[C@H]1C[C@H]1c1ccc([C@@H]2C[C@H]2C(=O)c2ccc(F)cc2)cc1. The third kappa shape index (κ3) is 3.77. The zero-order valence-electron chi connectivity index (χ0n) is 16.2. The van der Waals surface area contributed by atoms with E-state index in [0.717, 1.165) is 28.4 Å². The Morgan fingerprint density at radius 2 is 1.07 bits per heavy atom. The van der Waals surface area contributed by atoms with E-state index in [2.05, 4.69) is 40.2 Å². The number of carbonyl (C=O) groups excluding carboxylic acids is 2. The van der Waals surface area contributed by atoms with Crippen molar-refractivity contribution >= 4 is 27.5 Å². The third-order valence-corrected chi connectivity index (χ3v) is 6.83. The lowest BCUT2D eigenvalue weighted by Gasteiger charge is -2.05. The molecule has 4 atom stereocenters. The van der Waals surface area contributed by atoms with Crippen molar-refractivity contribution < 1.29 is 14.0 Å². The topological polar surface area (TPSA) is 34.1 Å². The maximum absolute atomic E-state index is 13.1. The largest absolute Gasteiger partial charge is 0.294 e. The standard InChI is InChI=1S/C26H20BrFO2/c27-19-9-5-17(6-10-19)25(29)23-13-21(23)15-1-3-16(4-2-15)22-14-24(22)26(30)18-7-11-20(28)12-8-18/h1-12,21-24H,13-14H2/t21-,22-,23-,24+/m0/s1. The molecule has 0 saturated heterocycles. The summed E-state index contributed by atoms with van der Waals surface area (Å²) in [6, 6.07) is 21.7. The van der Waals surface area contributed by atoms with E-state index in [0.29, 0.717) is 5.56 Å². The van der Waals surface area contributed by atoms with Crippen molar-refractivity contribution in [3.8, 4) is 0 Å². The van der Waals surface area contributed by atoms with Gasteiger partial charge in [0.2, 0.25) is 0 Å². The number of carbonyl (C=O) groups is 2. The van der Waals surface area contributed by atoms with Crippen molar-refractivity contribution in [1.82, 2.24) is 0 Å². The zero-order valence-corrected chi connectivity index (χ0v) is 17.8. The highest BCUT2D eigenvalue weighted by molar-refractivity contribution is 9.10. The fraction of sp³-hybridized carbons (Fsp3) is 0.231. The first-order valence-corrected chi connectivity index (χ1v) is 11.0. The number of hydrogen-bond donors (Lipinski definition) is 0. The highest BCUT2D eigenvalue weighted by Gasteiger charge is 2.46. The maximum atomic E-state index is 13.1. The molecule has 0 unspecified atom stereocenters. The normalized spacial score (nSPS) is 24.3. The van der Waals surface area contributed by atoms with Crippen LogP contribution in [0.2, 0.25) is 0 Å². The second-order valence-electron chi connectivity index (χ2n) is 8.31. The van der Waals surface area contributed by atoms with Crippen LogP contribution in [-0.4, -0.2) is 11.6 Å². The van der Waals surface area contributed by atoms with Gasteiger partial charge in [0.05, 0.1) is 0 Å². The Kier molecular flexibility index (Phi) is 4.90. The predicted octanol–water partition coefficient (Wildman–Crippen LogP) is 6.56. The number of Topliss-reactive ketones (excluding diaryl/α,β-unsaturated/α-hetero) is 2. The van der Waals surface area contributed by atoms with Crippen LogP contribution in [-0.2, 0) is 0 Å². The van der Waals surface area contributed by atoms with Crippen molar-refractivity contribution in [3.05, 3.63) is 105 Å². The molecule has 150 valence electrons. The lowest BCUT2D eigenvalue weighted by atomic mass is 9.99. The van der Waals surface area contributed by atoms with Crippen molar-refractivity contribution in [2.75, 3.05) is 0 Å². The summed E-state index contributed by atoms with van der Waals surface area (Å²) in [4.78, 5) is 25.3. The van der Waals surface area contributed by atoms with E-state index >= 15 is 0 Å². The summed E-state index contributed by atoms with van der Waals surface area (Å²) in [5.41, 5.74) is 3.70. The van der Waals surface area contributed by atoms with Gasteiger partial charge in [0, 0.05) is 27.4 Å². The van der Waals surface area contributed by atoms with Crippen molar-refractivity contribution in [3.63, 3.8) is 0 Å². The van der Waals surface area contributed by atoms with Crippen LogP contribution >= 0.6 is 15.9 Å². The Bertz CT molecular complexity index is 1010. The minimum Gasteiger partial charge on any atom is -0.294 e. The molecular formula is C26H20BrFO2. The van der Waals surface area contributed by atoms with E-state index in [1.165, 1.54) is 17.7 Å². The summed E-state index contributed by atoms with van der Waals surface area (Å²) in [6.45, 7) is 0. The van der Waals surface area contributed by atoms with Gasteiger partial charge in [-0.15, -0.1) is 0 Å². The first-order chi connectivity index (χ1) is 14.5. The molecule has 0 bridgehead atoms. The van der Waals surface area contributed by atoms with E-state index in [9.17, 15) is 14.0 Å². The van der Waals surface area contributed by atoms with Gasteiger partial charge in [-0.2, -0.15) is 0 Å². The van der Waals surface area contributed by atoms with E-state index in [1.54, 1.807) is 12.1 Å². The van der Waals surface area contributed by atoms with E-state index in [1.807, 2.05) is 24.3 Å². The Balaban J connectivity index is 1.22. The summed E-state index contributed by atoms with van der Waals surface area (Å²) in [7, 11) is 0. The number of rotatable bonds is 6. The molecule has 0 aromatic heterocycles. The molecule has 0 amide bonds. The lowest BCUT2D eigenvalue weighted by Crippen LogP contribution is -2.03. The quantitative estimate of drug-likeness (QED) is 0.388. The molecule has 4 heteroatoms. The minimum absolute atomic E-state index is 0.0195. The minimum atomic E-state index is -0.327. The highest BCUT2D eigenvalue weighted by Crippen LogP contribution is 2.52. The van der Waals surface area contributed by atoms with E-state index < -0.39 is 0 Å². The van der Waals surface area contributed by atoms with Crippen LogP contribution in [0.15, 0.2) is 77.3 Å². The summed E-state index contributed by atoms with van der Waals surface area (Å²) < 4.78 is 14.0. The summed E-state index contributed by atoms with van der Waals surface area (Å²) >= 11 is 3.40. The predicted molar refractivity (Wildman–Crippen MR) is 117 cm³/mol. The van der Waals surface area contributed by atoms with Gasteiger partial charge in [0.25, 0.3) is 0 Å². The van der Waals surface area contributed by atoms with Crippen LogP contribution in [0, 0.1) is 17.7 Å². The number of benzene rings is 3. The molecule has 0 aliphatic heterocycles. The molecule has 5 rings (SSSR count). The summed E-state index contributed by atoms with van der Waals surface area (Å²) in [5.74, 6) is 0.531. The molecule has 0 radical (unpaired) electrons. The first kappa shape index (κ1) is 19.4. The molecule has 2 saturated carbocycles. The Morgan fingerprint density at radius 3 is 1.50 bits per heavy atom. The molecule has 2 aliphatic carbocycles.